The summed E-state index contributed by atoms with van der Waals surface area (Å²) in [5.41, 5.74) is 5.42. The molecule has 0 spiro atoms. The number of ether oxygens (including phenoxy) is 3. The van der Waals surface area contributed by atoms with Crippen LogP contribution in [0.1, 0.15) is 11.3 Å². The van der Waals surface area contributed by atoms with Gasteiger partial charge in [0.1, 0.15) is 5.75 Å². The molecule has 0 bridgehead atoms. The highest BCUT2D eigenvalue weighted by Gasteiger charge is 2.13. The van der Waals surface area contributed by atoms with Crippen LogP contribution in [-0.4, -0.2) is 40.4 Å². The zero-order chi connectivity index (χ0) is 22.7. The van der Waals surface area contributed by atoms with E-state index in [1.165, 1.54) is 0 Å². The van der Waals surface area contributed by atoms with Gasteiger partial charge in [0.25, 0.3) is 0 Å². The summed E-state index contributed by atoms with van der Waals surface area (Å²) in [6.45, 7) is 0. The van der Waals surface area contributed by atoms with E-state index in [1.807, 2.05) is 44.6 Å². The third kappa shape index (κ3) is 4.19. The van der Waals surface area contributed by atoms with Crippen LogP contribution in [0.5, 0.6) is 17.2 Å². The second-order valence-corrected chi connectivity index (χ2v) is 7.84. The number of methoxy groups -OCH3 is 3. The number of pyridine rings is 1. The quantitative estimate of drug-likeness (QED) is 0.384. The van der Waals surface area contributed by atoms with Crippen LogP contribution in [0.25, 0.3) is 21.9 Å². The predicted octanol–water partition coefficient (Wildman–Crippen LogP) is 5.58. The van der Waals surface area contributed by atoms with Gasteiger partial charge in [-0.25, -0.2) is 0 Å². The molecule has 5 heteroatoms. The van der Waals surface area contributed by atoms with Gasteiger partial charge >= 0.3 is 0 Å². The Hall–Kier alpha value is -3.73. The van der Waals surface area contributed by atoms with Crippen molar-refractivity contribution in [3.63, 3.8) is 0 Å². The van der Waals surface area contributed by atoms with Crippen LogP contribution in [-0.2, 0) is 6.42 Å². The molecule has 0 saturated heterocycles. The normalized spacial score (nSPS) is 10.8. The molecule has 164 valence electrons. The highest BCUT2D eigenvalue weighted by Crippen LogP contribution is 2.36. The standard InChI is InChI=1S/C27H28N2O3/c1-29(2)21-9-7-19(8-10-21)23-17-22-20(16-26(23)31-4)12-13-28-24(22)14-18-6-11-25(30-3)27(15-18)32-5/h6-13,15-17H,14H2,1-5H3. The third-order valence-corrected chi connectivity index (χ3v) is 5.68. The van der Waals surface area contributed by atoms with Crippen LogP contribution >= 0.6 is 0 Å². The van der Waals surface area contributed by atoms with Gasteiger partial charge < -0.3 is 19.1 Å². The molecule has 0 aliphatic heterocycles. The molecule has 0 atom stereocenters. The first-order valence-corrected chi connectivity index (χ1v) is 10.5. The van der Waals surface area contributed by atoms with Gasteiger partial charge in [0.15, 0.2) is 11.5 Å². The molecule has 0 saturated carbocycles. The first kappa shape index (κ1) is 21.5. The summed E-state index contributed by atoms with van der Waals surface area (Å²) >= 11 is 0. The Bertz CT molecular complexity index is 1230. The fraction of sp³-hybridized carbons (Fsp3) is 0.222. The maximum Gasteiger partial charge on any atom is 0.160 e. The lowest BCUT2D eigenvalue weighted by atomic mass is 9.97. The van der Waals surface area contributed by atoms with Gasteiger partial charge in [-0.1, -0.05) is 18.2 Å². The smallest absolute Gasteiger partial charge is 0.160 e. The average molecular weight is 429 g/mol. The number of nitrogens with zero attached hydrogens (tertiary/aromatic N) is 2. The van der Waals surface area contributed by atoms with Crippen molar-refractivity contribution < 1.29 is 14.2 Å². The summed E-state index contributed by atoms with van der Waals surface area (Å²) in [5, 5.41) is 2.20. The van der Waals surface area contributed by atoms with Crippen molar-refractivity contribution in [2.45, 2.75) is 6.42 Å². The minimum atomic E-state index is 0.684. The first-order valence-electron chi connectivity index (χ1n) is 10.5. The van der Waals surface area contributed by atoms with E-state index >= 15 is 0 Å². The highest BCUT2D eigenvalue weighted by atomic mass is 16.5. The Morgan fingerprint density at radius 3 is 2.12 bits per heavy atom. The molecule has 1 heterocycles. The van der Waals surface area contributed by atoms with Crippen molar-refractivity contribution >= 4 is 16.5 Å². The Morgan fingerprint density at radius 1 is 0.750 bits per heavy atom. The molecule has 4 aromatic rings. The van der Waals surface area contributed by atoms with Gasteiger partial charge in [-0.3, -0.25) is 4.98 Å². The average Bonchev–Trinajstić information content (AvgIpc) is 2.83. The third-order valence-electron chi connectivity index (χ3n) is 5.68. The fourth-order valence-electron chi connectivity index (χ4n) is 3.92. The molecule has 0 amide bonds. The molecule has 0 fully saturated rings. The van der Waals surface area contributed by atoms with Gasteiger partial charge in [-0.05, 0) is 59.0 Å². The number of rotatable bonds is 7. The maximum absolute atomic E-state index is 5.74. The summed E-state index contributed by atoms with van der Waals surface area (Å²) in [5.74, 6) is 2.28. The second kappa shape index (κ2) is 9.18. The molecule has 3 aromatic carbocycles. The topological polar surface area (TPSA) is 43.8 Å². The van der Waals surface area contributed by atoms with Crippen molar-refractivity contribution in [1.29, 1.82) is 0 Å². The van der Waals surface area contributed by atoms with Crippen LogP contribution in [0.4, 0.5) is 5.69 Å². The Morgan fingerprint density at radius 2 is 1.47 bits per heavy atom. The van der Waals surface area contributed by atoms with Gasteiger partial charge in [0.2, 0.25) is 0 Å². The van der Waals surface area contributed by atoms with E-state index in [-0.39, 0.29) is 0 Å². The summed E-state index contributed by atoms with van der Waals surface area (Å²) in [7, 11) is 9.09. The summed E-state index contributed by atoms with van der Waals surface area (Å²) < 4.78 is 16.6. The summed E-state index contributed by atoms with van der Waals surface area (Å²) in [6, 6.07) is 20.8. The van der Waals surface area contributed by atoms with Crippen LogP contribution in [0.2, 0.25) is 0 Å². The molecule has 0 aliphatic carbocycles. The molecule has 1 aromatic heterocycles. The number of fused-ring (bicyclic) bond motifs is 1. The highest BCUT2D eigenvalue weighted by molar-refractivity contribution is 5.92. The second-order valence-electron chi connectivity index (χ2n) is 7.84. The molecular weight excluding hydrogens is 400 g/mol. The lowest BCUT2D eigenvalue weighted by Crippen LogP contribution is -2.07. The van der Waals surface area contributed by atoms with Crippen LogP contribution in [0.15, 0.2) is 66.9 Å². The lowest BCUT2D eigenvalue weighted by Gasteiger charge is -2.15. The Kier molecular flexibility index (Phi) is 6.17. The Labute approximate surface area is 189 Å². The molecule has 0 aliphatic rings. The SMILES string of the molecule is COc1ccc(Cc2nccc3cc(OC)c(-c4ccc(N(C)C)cc4)cc23)cc1OC. The van der Waals surface area contributed by atoms with Crippen molar-refractivity contribution in [2.24, 2.45) is 0 Å². The van der Waals surface area contributed by atoms with E-state index in [0.29, 0.717) is 12.2 Å². The van der Waals surface area contributed by atoms with Gasteiger partial charge in [-0.15, -0.1) is 0 Å². The van der Waals surface area contributed by atoms with E-state index in [9.17, 15) is 0 Å². The monoisotopic (exact) mass is 428 g/mol. The molecule has 32 heavy (non-hydrogen) atoms. The van der Waals surface area contributed by atoms with Gasteiger partial charge in [-0.2, -0.15) is 0 Å². The summed E-state index contributed by atoms with van der Waals surface area (Å²) in [4.78, 5) is 6.80. The number of aromatic nitrogens is 1. The minimum absolute atomic E-state index is 0.684. The zero-order valence-electron chi connectivity index (χ0n) is 19.2. The van der Waals surface area contributed by atoms with Crippen molar-refractivity contribution in [2.75, 3.05) is 40.3 Å². The maximum atomic E-state index is 5.74. The molecule has 4 rings (SSSR count). The van der Waals surface area contributed by atoms with Gasteiger partial charge in [0, 0.05) is 43.4 Å². The lowest BCUT2D eigenvalue weighted by molar-refractivity contribution is 0.354. The van der Waals surface area contributed by atoms with E-state index < -0.39 is 0 Å². The first-order chi connectivity index (χ1) is 15.5. The minimum Gasteiger partial charge on any atom is -0.496 e. The number of hydrogen-bond donors (Lipinski definition) is 0. The van der Waals surface area contributed by atoms with E-state index in [0.717, 1.165) is 50.3 Å². The van der Waals surface area contributed by atoms with Crippen molar-refractivity contribution in [3.8, 4) is 28.4 Å². The van der Waals surface area contributed by atoms with Crippen LogP contribution < -0.4 is 19.1 Å². The number of anilines is 1. The van der Waals surface area contributed by atoms with Crippen molar-refractivity contribution in [1.82, 2.24) is 4.98 Å². The Balaban J connectivity index is 1.79. The zero-order valence-corrected chi connectivity index (χ0v) is 19.2. The number of benzene rings is 3. The molecular formula is C27H28N2O3. The van der Waals surface area contributed by atoms with Crippen molar-refractivity contribution in [3.05, 3.63) is 78.1 Å². The predicted molar refractivity (Wildman–Crippen MR) is 130 cm³/mol. The van der Waals surface area contributed by atoms with Crippen LogP contribution in [0, 0.1) is 0 Å². The molecule has 5 nitrogen and oxygen atoms in total. The van der Waals surface area contributed by atoms with E-state index in [1.54, 1.807) is 21.3 Å². The fourth-order valence-corrected chi connectivity index (χ4v) is 3.92. The molecule has 0 N–H and O–H groups in total. The van der Waals surface area contributed by atoms with E-state index in [4.69, 9.17) is 19.2 Å². The van der Waals surface area contributed by atoms with Crippen LogP contribution in [0.3, 0.4) is 0 Å². The number of hydrogen-bond acceptors (Lipinski definition) is 5. The van der Waals surface area contributed by atoms with Gasteiger partial charge in [0.05, 0.1) is 27.0 Å². The largest absolute Gasteiger partial charge is 0.496 e. The molecule has 0 unspecified atom stereocenters. The van der Waals surface area contributed by atoms with E-state index in [2.05, 4.69) is 41.3 Å². The molecule has 0 radical (unpaired) electrons. The summed E-state index contributed by atoms with van der Waals surface area (Å²) in [6.07, 6.45) is 2.53.